The van der Waals surface area contributed by atoms with Crippen molar-refractivity contribution in [2.75, 3.05) is 5.32 Å². The molecule has 1 unspecified atom stereocenters. The number of nitrogens with one attached hydrogen (secondary N) is 1. The first-order chi connectivity index (χ1) is 12.5. The average Bonchev–Trinajstić information content (AvgIpc) is 3.04. The average molecular weight is 386 g/mol. The molecule has 26 heavy (non-hydrogen) atoms. The second-order valence-electron chi connectivity index (χ2n) is 6.10. The molecular weight excluding hydrogens is 366 g/mol. The quantitative estimate of drug-likeness (QED) is 0.609. The van der Waals surface area contributed by atoms with E-state index >= 15 is 0 Å². The third-order valence-corrected chi connectivity index (χ3v) is 5.41. The molecule has 0 bridgehead atoms. The number of benzene rings is 2. The molecule has 0 radical (unpaired) electrons. The molecule has 3 aromatic rings. The van der Waals surface area contributed by atoms with E-state index in [-0.39, 0.29) is 11.2 Å². The summed E-state index contributed by atoms with van der Waals surface area (Å²) in [6.45, 7) is 6.00. The lowest BCUT2D eigenvalue weighted by atomic mass is 10.1. The van der Waals surface area contributed by atoms with Gasteiger partial charge in [0.25, 0.3) is 0 Å². The van der Waals surface area contributed by atoms with E-state index in [1.807, 2.05) is 29.8 Å². The first kappa shape index (κ1) is 18.5. The number of carbonyl (C=O) groups is 1. The molecule has 2 aromatic carbocycles. The number of halogens is 1. The molecular formula is C20H20ClN3OS. The zero-order valence-electron chi connectivity index (χ0n) is 14.9. The number of anilines is 1. The Kier molecular flexibility index (Phi) is 5.69. The molecule has 0 aliphatic heterocycles. The predicted molar refractivity (Wildman–Crippen MR) is 108 cm³/mol. The number of aryl methyl sites for hydroxylation is 2. The molecule has 4 nitrogen and oxygen atoms in total. The molecule has 0 aliphatic rings. The van der Waals surface area contributed by atoms with Crippen LogP contribution in [-0.2, 0) is 4.79 Å². The Bertz CT molecular complexity index is 938. The molecule has 1 N–H and O–H groups in total. The van der Waals surface area contributed by atoms with Crippen molar-refractivity contribution in [3.05, 3.63) is 71.0 Å². The second-order valence-corrected chi connectivity index (χ2v) is 7.81. The van der Waals surface area contributed by atoms with Crippen LogP contribution in [0.2, 0.25) is 5.02 Å². The highest BCUT2D eigenvalue weighted by Gasteiger charge is 2.19. The molecule has 0 saturated carbocycles. The molecule has 1 aromatic heterocycles. The van der Waals surface area contributed by atoms with Crippen LogP contribution in [0.4, 0.5) is 5.69 Å². The van der Waals surface area contributed by atoms with E-state index in [1.165, 1.54) is 17.3 Å². The Morgan fingerprint density at radius 3 is 2.73 bits per heavy atom. The van der Waals surface area contributed by atoms with Crippen LogP contribution >= 0.6 is 23.4 Å². The Labute approximate surface area is 162 Å². The Balaban J connectivity index is 1.76. The highest BCUT2D eigenvalue weighted by Crippen LogP contribution is 2.28. The standard InChI is InChI=1S/C20H20ClN3OS/c1-13-8-9-18(14(2)12-13)24-11-10-22-20(24)26-15(3)19(25)23-17-7-5-4-6-16(17)21/h4-12,15H,1-3H3,(H,23,25). The van der Waals surface area contributed by atoms with Crippen LogP contribution in [0, 0.1) is 13.8 Å². The van der Waals surface area contributed by atoms with E-state index in [2.05, 4.69) is 42.3 Å². The van der Waals surface area contributed by atoms with Crippen molar-refractivity contribution in [1.29, 1.82) is 0 Å². The fraction of sp³-hybridized carbons (Fsp3) is 0.200. The third-order valence-electron chi connectivity index (χ3n) is 4.00. The maximum Gasteiger partial charge on any atom is 0.237 e. The van der Waals surface area contributed by atoms with Gasteiger partial charge in [0.15, 0.2) is 5.16 Å². The predicted octanol–water partition coefficient (Wildman–Crippen LogP) is 5.26. The van der Waals surface area contributed by atoms with E-state index in [4.69, 9.17) is 11.6 Å². The molecule has 1 heterocycles. The largest absolute Gasteiger partial charge is 0.324 e. The van der Waals surface area contributed by atoms with Crippen LogP contribution in [0.1, 0.15) is 18.1 Å². The zero-order chi connectivity index (χ0) is 18.7. The molecule has 1 atom stereocenters. The summed E-state index contributed by atoms with van der Waals surface area (Å²) < 4.78 is 2.01. The molecule has 6 heteroatoms. The lowest BCUT2D eigenvalue weighted by Gasteiger charge is -2.15. The Morgan fingerprint density at radius 2 is 2.00 bits per heavy atom. The molecule has 0 fully saturated rings. The van der Waals surface area contributed by atoms with Gasteiger partial charge >= 0.3 is 0 Å². The molecule has 0 aliphatic carbocycles. The van der Waals surface area contributed by atoms with Crippen molar-refractivity contribution in [1.82, 2.24) is 9.55 Å². The number of rotatable bonds is 5. The molecule has 0 saturated heterocycles. The van der Waals surface area contributed by atoms with E-state index in [9.17, 15) is 4.79 Å². The van der Waals surface area contributed by atoms with Gasteiger partial charge in [-0.25, -0.2) is 4.98 Å². The van der Waals surface area contributed by atoms with Crippen molar-refractivity contribution in [2.45, 2.75) is 31.2 Å². The summed E-state index contributed by atoms with van der Waals surface area (Å²) in [5.41, 5.74) is 4.06. The van der Waals surface area contributed by atoms with Crippen molar-refractivity contribution >= 4 is 35.0 Å². The summed E-state index contributed by atoms with van der Waals surface area (Å²) in [4.78, 5) is 16.9. The minimum atomic E-state index is -0.321. The summed E-state index contributed by atoms with van der Waals surface area (Å²) in [6, 6.07) is 13.5. The van der Waals surface area contributed by atoms with Crippen LogP contribution in [0.3, 0.4) is 0 Å². The maximum atomic E-state index is 12.5. The molecule has 0 spiro atoms. The Hall–Kier alpha value is -2.24. The highest BCUT2D eigenvalue weighted by molar-refractivity contribution is 8.00. The van der Waals surface area contributed by atoms with Gasteiger partial charge in [-0.1, -0.05) is 53.2 Å². The van der Waals surface area contributed by atoms with Crippen LogP contribution in [-0.4, -0.2) is 20.7 Å². The molecule has 1 amide bonds. The van der Waals surface area contributed by atoms with Gasteiger partial charge in [-0.05, 0) is 44.5 Å². The number of hydrogen-bond donors (Lipinski definition) is 1. The van der Waals surface area contributed by atoms with Crippen LogP contribution in [0.25, 0.3) is 5.69 Å². The Morgan fingerprint density at radius 1 is 1.23 bits per heavy atom. The first-order valence-electron chi connectivity index (χ1n) is 8.28. The number of carbonyl (C=O) groups excluding carboxylic acids is 1. The number of nitrogens with zero attached hydrogens (tertiary/aromatic N) is 2. The topological polar surface area (TPSA) is 46.9 Å². The molecule has 134 valence electrons. The van der Waals surface area contributed by atoms with E-state index in [0.29, 0.717) is 10.7 Å². The fourth-order valence-electron chi connectivity index (χ4n) is 2.64. The summed E-state index contributed by atoms with van der Waals surface area (Å²) in [6.07, 6.45) is 3.67. The second kappa shape index (κ2) is 7.98. The van der Waals surface area contributed by atoms with Gasteiger partial charge in [0.1, 0.15) is 0 Å². The van der Waals surface area contributed by atoms with E-state index in [0.717, 1.165) is 16.4 Å². The first-order valence-corrected chi connectivity index (χ1v) is 9.54. The minimum absolute atomic E-state index is 0.113. The van der Waals surface area contributed by atoms with Crippen molar-refractivity contribution in [3.63, 3.8) is 0 Å². The van der Waals surface area contributed by atoms with Gasteiger partial charge in [-0.3, -0.25) is 9.36 Å². The zero-order valence-corrected chi connectivity index (χ0v) is 16.4. The van der Waals surface area contributed by atoms with Gasteiger partial charge in [-0.15, -0.1) is 0 Å². The van der Waals surface area contributed by atoms with E-state index < -0.39 is 0 Å². The summed E-state index contributed by atoms with van der Waals surface area (Å²) >= 11 is 7.53. The normalized spacial score (nSPS) is 12.0. The van der Waals surface area contributed by atoms with Crippen LogP contribution in [0.15, 0.2) is 60.0 Å². The summed E-state index contributed by atoms with van der Waals surface area (Å²) in [5, 5.41) is 3.85. The lowest BCUT2D eigenvalue weighted by molar-refractivity contribution is -0.115. The van der Waals surface area contributed by atoms with Gasteiger partial charge in [0.05, 0.1) is 21.6 Å². The highest BCUT2D eigenvalue weighted by atomic mass is 35.5. The van der Waals surface area contributed by atoms with Gasteiger partial charge < -0.3 is 5.32 Å². The number of amides is 1. The van der Waals surface area contributed by atoms with Gasteiger partial charge in [0.2, 0.25) is 5.91 Å². The molecule has 3 rings (SSSR count). The minimum Gasteiger partial charge on any atom is -0.324 e. The van der Waals surface area contributed by atoms with Gasteiger partial charge in [0, 0.05) is 12.4 Å². The van der Waals surface area contributed by atoms with E-state index in [1.54, 1.807) is 18.3 Å². The third kappa shape index (κ3) is 4.11. The lowest BCUT2D eigenvalue weighted by Crippen LogP contribution is -2.23. The van der Waals surface area contributed by atoms with Crippen LogP contribution < -0.4 is 5.32 Å². The van der Waals surface area contributed by atoms with Crippen molar-refractivity contribution < 1.29 is 4.79 Å². The SMILES string of the molecule is Cc1ccc(-n2ccnc2SC(C)C(=O)Nc2ccccc2Cl)c(C)c1. The van der Waals surface area contributed by atoms with Crippen molar-refractivity contribution in [2.24, 2.45) is 0 Å². The number of thioether (sulfide) groups is 1. The number of hydrogen-bond acceptors (Lipinski definition) is 3. The summed E-state index contributed by atoms with van der Waals surface area (Å²) in [5.74, 6) is -0.113. The smallest absolute Gasteiger partial charge is 0.237 e. The fourth-order valence-corrected chi connectivity index (χ4v) is 3.70. The number of aromatic nitrogens is 2. The summed E-state index contributed by atoms with van der Waals surface area (Å²) in [7, 11) is 0. The van der Waals surface area contributed by atoms with Gasteiger partial charge in [-0.2, -0.15) is 0 Å². The number of imidazole rings is 1. The van der Waals surface area contributed by atoms with Crippen molar-refractivity contribution in [3.8, 4) is 5.69 Å². The maximum absolute atomic E-state index is 12.5. The number of para-hydroxylation sites is 1. The van der Waals surface area contributed by atoms with Crippen LogP contribution in [0.5, 0.6) is 0 Å². The monoisotopic (exact) mass is 385 g/mol.